The van der Waals surface area contributed by atoms with Crippen molar-refractivity contribution in [2.24, 2.45) is 0 Å². The van der Waals surface area contributed by atoms with Gasteiger partial charge in [-0.2, -0.15) is 0 Å². The number of benzene rings is 1. The van der Waals surface area contributed by atoms with Crippen molar-refractivity contribution >= 4 is 17.7 Å². The third-order valence-electron chi connectivity index (χ3n) is 4.11. The molecule has 29 heavy (non-hydrogen) atoms. The van der Waals surface area contributed by atoms with E-state index >= 15 is 0 Å². The van der Waals surface area contributed by atoms with Crippen molar-refractivity contribution < 1.29 is 14.1 Å². The molecule has 8 nitrogen and oxygen atoms in total. The molecule has 0 saturated heterocycles. The van der Waals surface area contributed by atoms with E-state index in [1.54, 1.807) is 6.20 Å². The number of carbonyl (C=O) groups excluding carboxylic acids is 1. The van der Waals surface area contributed by atoms with Gasteiger partial charge in [0.05, 0.1) is 5.69 Å². The third kappa shape index (κ3) is 5.54. The van der Waals surface area contributed by atoms with E-state index in [0.717, 1.165) is 33.8 Å². The lowest BCUT2D eigenvalue weighted by atomic mass is 10.0. The van der Waals surface area contributed by atoms with Crippen LogP contribution in [-0.2, 0) is 11.3 Å². The highest BCUT2D eigenvalue weighted by Crippen LogP contribution is 2.23. The summed E-state index contributed by atoms with van der Waals surface area (Å²) >= 11 is 0. The molecule has 8 heteroatoms. The summed E-state index contributed by atoms with van der Waals surface area (Å²) in [4.78, 5) is 20.7. The molecule has 152 valence electrons. The first-order valence-corrected chi connectivity index (χ1v) is 9.29. The SMILES string of the molecule is Cc1cc(-c2ccnc(Nc3conc3C)n2)ccc1CNC(=O)OC(C)(C)C. The second-order valence-corrected chi connectivity index (χ2v) is 7.70. The Morgan fingerprint density at radius 2 is 2.00 bits per heavy atom. The number of anilines is 2. The largest absolute Gasteiger partial charge is 0.444 e. The Labute approximate surface area is 169 Å². The number of aryl methyl sites for hydroxylation is 2. The van der Waals surface area contributed by atoms with Gasteiger partial charge in [-0.05, 0) is 57.9 Å². The summed E-state index contributed by atoms with van der Waals surface area (Å²) in [6, 6.07) is 7.82. The summed E-state index contributed by atoms with van der Waals surface area (Å²) < 4.78 is 10.2. The summed E-state index contributed by atoms with van der Waals surface area (Å²) in [6.45, 7) is 9.73. The Balaban J connectivity index is 1.71. The molecule has 2 heterocycles. The van der Waals surface area contributed by atoms with E-state index in [1.807, 2.05) is 58.9 Å². The first-order valence-electron chi connectivity index (χ1n) is 9.29. The van der Waals surface area contributed by atoms with Crippen molar-refractivity contribution in [3.05, 3.63) is 53.5 Å². The van der Waals surface area contributed by atoms with Gasteiger partial charge in [0.25, 0.3) is 0 Å². The first kappa shape index (κ1) is 20.3. The fraction of sp³-hybridized carbons (Fsp3) is 0.333. The Morgan fingerprint density at radius 3 is 2.66 bits per heavy atom. The molecule has 1 aromatic carbocycles. The first-order chi connectivity index (χ1) is 13.7. The van der Waals surface area contributed by atoms with Crippen molar-refractivity contribution in [1.82, 2.24) is 20.4 Å². The lowest BCUT2D eigenvalue weighted by Gasteiger charge is -2.20. The number of rotatable bonds is 5. The minimum atomic E-state index is -0.521. The van der Waals surface area contributed by atoms with Gasteiger partial charge in [-0.15, -0.1) is 0 Å². The number of aromatic nitrogens is 3. The molecule has 0 unspecified atom stereocenters. The van der Waals surface area contributed by atoms with Crippen LogP contribution < -0.4 is 10.6 Å². The summed E-state index contributed by atoms with van der Waals surface area (Å²) in [5, 5.41) is 9.71. The molecule has 3 aromatic rings. The highest BCUT2D eigenvalue weighted by molar-refractivity contribution is 5.68. The van der Waals surface area contributed by atoms with Crippen LogP contribution in [0.25, 0.3) is 11.3 Å². The normalized spacial score (nSPS) is 11.2. The number of carbonyl (C=O) groups is 1. The van der Waals surface area contributed by atoms with Gasteiger partial charge in [0, 0.05) is 18.3 Å². The van der Waals surface area contributed by atoms with Gasteiger partial charge in [0.2, 0.25) is 5.95 Å². The van der Waals surface area contributed by atoms with Crippen LogP contribution >= 0.6 is 0 Å². The van der Waals surface area contributed by atoms with Gasteiger partial charge >= 0.3 is 6.09 Å². The molecule has 0 atom stereocenters. The quantitative estimate of drug-likeness (QED) is 0.655. The molecule has 0 aliphatic carbocycles. The maximum absolute atomic E-state index is 11.9. The highest BCUT2D eigenvalue weighted by atomic mass is 16.6. The summed E-state index contributed by atoms with van der Waals surface area (Å²) in [5.41, 5.74) is 4.72. The van der Waals surface area contributed by atoms with Gasteiger partial charge in [0.1, 0.15) is 23.2 Å². The van der Waals surface area contributed by atoms with Crippen LogP contribution in [-0.4, -0.2) is 26.8 Å². The molecule has 0 bridgehead atoms. The van der Waals surface area contributed by atoms with Crippen molar-refractivity contribution in [3.63, 3.8) is 0 Å². The van der Waals surface area contributed by atoms with Gasteiger partial charge in [0.15, 0.2) is 0 Å². The molecule has 2 aromatic heterocycles. The van der Waals surface area contributed by atoms with Crippen molar-refractivity contribution in [2.75, 3.05) is 5.32 Å². The number of hydrogen-bond acceptors (Lipinski definition) is 7. The molecule has 3 rings (SSSR count). The van der Waals surface area contributed by atoms with E-state index in [9.17, 15) is 4.79 Å². The van der Waals surface area contributed by atoms with Gasteiger partial charge < -0.3 is 19.9 Å². The Morgan fingerprint density at radius 1 is 1.21 bits per heavy atom. The minimum absolute atomic E-state index is 0.393. The topological polar surface area (TPSA) is 102 Å². The van der Waals surface area contributed by atoms with Crippen LogP contribution in [0, 0.1) is 13.8 Å². The molecule has 0 radical (unpaired) electrons. The third-order valence-corrected chi connectivity index (χ3v) is 4.11. The molecule has 0 fully saturated rings. The van der Waals surface area contributed by atoms with E-state index in [1.165, 1.54) is 6.26 Å². The Hall–Kier alpha value is -3.42. The van der Waals surface area contributed by atoms with Crippen LogP contribution in [0.2, 0.25) is 0 Å². The maximum Gasteiger partial charge on any atom is 0.407 e. The van der Waals surface area contributed by atoms with Crippen molar-refractivity contribution in [1.29, 1.82) is 0 Å². The molecule has 0 spiro atoms. The molecule has 1 amide bonds. The monoisotopic (exact) mass is 395 g/mol. The van der Waals surface area contributed by atoms with Crippen molar-refractivity contribution in [3.8, 4) is 11.3 Å². The molecular weight excluding hydrogens is 370 g/mol. The van der Waals surface area contributed by atoms with E-state index in [4.69, 9.17) is 9.26 Å². The lowest BCUT2D eigenvalue weighted by Crippen LogP contribution is -2.32. The number of hydrogen-bond donors (Lipinski definition) is 2. The molecule has 0 aliphatic rings. The van der Waals surface area contributed by atoms with E-state index in [-0.39, 0.29) is 0 Å². The van der Waals surface area contributed by atoms with Crippen LogP contribution in [0.5, 0.6) is 0 Å². The van der Waals surface area contributed by atoms with Crippen LogP contribution in [0.15, 0.2) is 41.2 Å². The fourth-order valence-corrected chi connectivity index (χ4v) is 2.65. The summed E-state index contributed by atoms with van der Waals surface area (Å²) in [6.07, 6.45) is 2.78. The standard InChI is InChI=1S/C21H25N5O3/c1-13-10-15(6-7-16(13)11-23-20(27)29-21(3,4)5)17-8-9-22-19(24-17)25-18-12-28-26-14(18)2/h6-10,12H,11H2,1-5H3,(H,23,27)(H,22,24,25). The van der Waals surface area contributed by atoms with Crippen LogP contribution in [0.1, 0.15) is 37.6 Å². The molecular formula is C21H25N5O3. The predicted octanol–water partition coefficient (Wildman–Crippen LogP) is 4.52. The van der Waals surface area contributed by atoms with Gasteiger partial charge in [-0.3, -0.25) is 0 Å². The fourth-order valence-electron chi connectivity index (χ4n) is 2.65. The Kier molecular flexibility index (Phi) is 5.81. The van der Waals surface area contributed by atoms with E-state index in [0.29, 0.717) is 12.5 Å². The molecule has 2 N–H and O–H groups in total. The lowest BCUT2D eigenvalue weighted by molar-refractivity contribution is 0.0523. The van der Waals surface area contributed by atoms with Gasteiger partial charge in [-0.1, -0.05) is 17.3 Å². The average molecular weight is 395 g/mol. The second-order valence-electron chi connectivity index (χ2n) is 7.70. The zero-order valence-corrected chi connectivity index (χ0v) is 17.2. The smallest absolute Gasteiger partial charge is 0.407 e. The number of alkyl carbamates (subject to hydrolysis) is 1. The number of amides is 1. The van der Waals surface area contributed by atoms with E-state index < -0.39 is 11.7 Å². The van der Waals surface area contributed by atoms with Crippen LogP contribution in [0.4, 0.5) is 16.4 Å². The van der Waals surface area contributed by atoms with Gasteiger partial charge in [-0.25, -0.2) is 14.8 Å². The summed E-state index contributed by atoms with van der Waals surface area (Å²) in [7, 11) is 0. The predicted molar refractivity (Wildman–Crippen MR) is 110 cm³/mol. The zero-order valence-electron chi connectivity index (χ0n) is 17.2. The summed E-state index contributed by atoms with van der Waals surface area (Å²) in [5.74, 6) is 0.460. The van der Waals surface area contributed by atoms with Crippen molar-refractivity contribution in [2.45, 2.75) is 46.8 Å². The number of nitrogens with zero attached hydrogens (tertiary/aromatic N) is 3. The number of nitrogens with one attached hydrogen (secondary N) is 2. The molecule has 0 saturated carbocycles. The average Bonchev–Trinajstić information content (AvgIpc) is 3.04. The number of ether oxygens (including phenoxy) is 1. The highest BCUT2D eigenvalue weighted by Gasteiger charge is 2.16. The zero-order chi connectivity index (χ0) is 21.0. The van der Waals surface area contributed by atoms with E-state index in [2.05, 4.69) is 25.8 Å². The van der Waals surface area contributed by atoms with Crippen LogP contribution in [0.3, 0.4) is 0 Å². The maximum atomic E-state index is 11.9. The molecule has 0 aliphatic heterocycles. The minimum Gasteiger partial charge on any atom is -0.444 e. The second kappa shape index (κ2) is 8.30. The Bertz CT molecular complexity index is 1010.